The number of benzene rings is 2. The standard InChI is InChI=1S/C29H34O17/c1-40-11-6-12(32)18-15(7-11)42-26(27(21(18)35)46-29-25(39)23(37)20(34)17(9-31)45-29)10-3-4-13(14(5-10)41-2)43-28-24(38)22(36)19(33)16(8-30)44-28/h3-7,16-17,19-20,22-25,28-34,36-39H,8-9H2,1-2H3/t16-,17-,19-,20+,22+,23+,24-,25-,28-,29+/m1/s1. The van der Waals surface area contributed by atoms with Crippen LogP contribution in [0.2, 0.25) is 0 Å². The lowest BCUT2D eigenvalue weighted by Crippen LogP contribution is -2.60. The van der Waals surface area contributed by atoms with Gasteiger partial charge in [0, 0.05) is 17.7 Å². The van der Waals surface area contributed by atoms with Gasteiger partial charge in [-0.1, -0.05) is 0 Å². The molecule has 0 bridgehead atoms. The summed E-state index contributed by atoms with van der Waals surface area (Å²) in [5.74, 6) is -1.36. The largest absolute Gasteiger partial charge is 0.507 e. The SMILES string of the molecule is COc1cc(O)c2c(=O)c(O[C@@H]3O[C@H](CO)[C@H](O)[C@H](O)[C@H]3O)c(-c3ccc(O[C@@H]4O[C@H](CO)[C@@H](O)[C@H](O)[C@H]4O)c(OC)c3)oc2c1. The molecule has 2 aliphatic rings. The van der Waals surface area contributed by atoms with Gasteiger partial charge in [0.05, 0.1) is 27.4 Å². The van der Waals surface area contributed by atoms with E-state index in [1.54, 1.807) is 0 Å². The molecule has 2 saturated heterocycles. The summed E-state index contributed by atoms with van der Waals surface area (Å²) in [7, 11) is 2.60. The molecule has 46 heavy (non-hydrogen) atoms. The molecule has 9 N–H and O–H groups in total. The number of hydrogen-bond acceptors (Lipinski definition) is 17. The number of ether oxygens (including phenoxy) is 6. The van der Waals surface area contributed by atoms with Crippen LogP contribution in [0.3, 0.4) is 0 Å². The number of phenols is 1. The van der Waals surface area contributed by atoms with Gasteiger partial charge in [-0.05, 0) is 18.2 Å². The minimum Gasteiger partial charge on any atom is -0.507 e. The van der Waals surface area contributed by atoms with Crippen LogP contribution in [-0.4, -0.2) is 135 Å². The molecule has 2 aromatic carbocycles. The van der Waals surface area contributed by atoms with Gasteiger partial charge in [-0.3, -0.25) is 4.79 Å². The van der Waals surface area contributed by atoms with Crippen LogP contribution in [0.1, 0.15) is 0 Å². The number of methoxy groups -OCH3 is 2. The highest BCUT2D eigenvalue weighted by Gasteiger charge is 2.46. The van der Waals surface area contributed by atoms with Gasteiger partial charge in [0.15, 0.2) is 17.3 Å². The molecular weight excluding hydrogens is 620 g/mol. The van der Waals surface area contributed by atoms with E-state index in [0.717, 1.165) is 6.07 Å². The maximum Gasteiger partial charge on any atom is 0.239 e. The van der Waals surface area contributed by atoms with Crippen LogP contribution < -0.4 is 24.4 Å². The fraction of sp³-hybridized carbons (Fsp3) is 0.483. The van der Waals surface area contributed by atoms with Gasteiger partial charge in [-0.25, -0.2) is 0 Å². The molecule has 0 amide bonds. The van der Waals surface area contributed by atoms with Crippen molar-refractivity contribution in [1.82, 2.24) is 0 Å². The second-order valence-corrected chi connectivity index (χ2v) is 10.6. The number of phenolic OH excluding ortho intramolecular Hbond substituents is 1. The smallest absolute Gasteiger partial charge is 0.239 e. The number of aliphatic hydroxyl groups is 8. The normalized spacial score (nSPS) is 31.4. The Morgan fingerprint density at radius 1 is 0.717 bits per heavy atom. The summed E-state index contributed by atoms with van der Waals surface area (Å²) in [5.41, 5.74) is -0.980. The molecule has 252 valence electrons. The molecule has 10 atom stereocenters. The van der Waals surface area contributed by atoms with Gasteiger partial charge in [-0.2, -0.15) is 0 Å². The predicted octanol–water partition coefficient (Wildman–Crippen LogP) is -2.46. The van der Waals surface area contributed by atoms with E-state index in [0.29, 0.717) is 0 Å². The Morgan fingerprint density at radius 3 is 1.85 bits per heavy atom. The molecule has 3 heterocycles. The van der Waals surface area contributed by atoms with E-state index in [-0.39, 0.29) is 39.5 Å². The maximum atomic E-state index is 13.8. The zero-order valence-electron chi connectivity index (χ0n) is 24.4. The molecular formula is C29H34O17. The average Bonchev–Trinajstić information content (AvgIpc) is 3.05. The summed E-state index contributed by atoms with van der Waals surface area (Å²) in [6.07, 6.45) is -16.4. The van der Waals surface area contributed by atoms with Crippen molar-refractivity contribution < 1.29 is 78.8 Å². The van der Waals surface area contributed by atoms with Crippen molar-refractivity contribution >= 4 is 11.0 Å². The molecule has 2 aliphatic heterocycles. The summed E-state index contributed by atoms with van der Waals surface area (Å²) in [4.78, 5) is 13.8. The minimum atomic E-state index is -1.89. The summed E-state index contributed by atoms with van der Waals surface area (Å²) in [6, 6.07) is 6.49. The average molecular weight is 655 g/mol. The van der Waals surface area contributed by atoms with Crippen molar-refractivity contribution in [3.8, 4) is 40.1 Å². The highest BCUT2D eigenvalue weighted by Crippen LogP contribution is 2.41. The molecule has 17 nitrogen and oxygen atoms in total. The molecule has 0 saturated carbocycles. The second-order valence-electron chi connectivity index (χ2n) is 10.6. The van der Waals surface area contributed by atoms with Crippen LogP contribution in [0, 0.1) is 0 Å². The molecule has 0 aliphatic carbocycles. The van der Waals surface area contributed by atoms with Gasteiger partial charge < -0.3 is 78.8 Å². The quantitative estimate of drug-likeness (QED) is 0.116. The first kappa shape index (κ1) is 33.6. The van der Waals surface area contributed by atoms with Crippen molar-refractivity contribution in [2.75, 3.05) is 27.4 Å². The van der Waals surface area contributed by atoms with Crippen LogP contribution in [0.5, 0.6) is 28.7 Å². The fourth-order valence-electron chi connectivity index (χ4n) is 5.15. The fourth-order valence-corrected chi connectivity index (χ4v) is 5.15. The Kier molecular flexibility index (Phi) is 9.89. The highest BCUT2D eigenvalue weighted by atomic mass is 16.7. The van der Waals surface area contributed by atoms with Crippen molar-refractivity contribution in [2.24, 2.45) is 0 Å². The zero-order valence-corrected chi connectivity index (χ0v) is 24.4. The zero-order chi connectivity index (χ0) is 33.4. The van der Waals surface area contributed by atoms with E-state index in [2.05, 4.69) is 0 Å². The molecule has 3 aromatic rings. The van der Waals surface area contributed by atoms with E-state index in [4.69, 9.17) is 32.8 Å². The third-order valence-electron chi connectivity index (χ3n) is 7.74. The van der Waals surface area contributed by atoms with E-state index in [1.807, 2.05) is 0 Å². The predicted molar refractivity (Wildman–Crippen MR) is 151 cm³/mol. The van der Waals surface area contributed by atoms with Crippen molar-refractivity contribution in [1.29, 1.82) is 0 Å². The lowest BCUT2D eigenvalue weighted by atomic mass is 9.99. The first-order valence-corrected chi connectivity index (χ1v) is 13.9. The van der Waals surface area contributed by atoms with Crippen LogP contribution >= 0.6 is 0 Å². The summed E-state index contributed by atoms with van der Waals surface area (Å²) < 4.78 is 38.8. The second kappa shape index (κ2) is 13.5. The maximum absolute atomic E-state index is 13.8. The summed E-state index contributed by atoms with van der Waals surface area (Å²) in [6.45, 7) is -1.45. The van der Waals surface area contributed by atoms with E-state index >= 15 is 0 Å². The molecule has 17 heteroatoms. The molecule has 5 rings (SSSR count). The highest BCUT2D eigenvalue weighted by molar-refractivity contribution is 5.88. The minimum absolute atomic E-state index is 0.0236. The van der Waals surface area contributed by atoms with Crippen molar-refractivity contribution in [3.63, 3.8) is 0 Å². The molecule has 0 unspecified atom stereocenters. The first-order valence-electron chi connectivity index (χ1n) is 13.9. The number of aromatic hydroxyl groups is 1. The number of aliphatic hydroxyl groups excluding tert-OH is 8. The first-order chi connectivity index (χ1) is 21.9. The lowest BCUT2D eigenvalue weighted by molar-refractivity contribution is -0.277. The summed E-state index contributed by atoms with van der Waals surface area (Å²) >= 11 is 0. The van der Waals surface area contributed by atoms with Gasteiger partial charge in [0.25, 0.3) is 0 Å². The Hall–Kier alpha value is -3.75. The van der Waals surface area contributed by atoms with Crippen LogP contribution in [0.15, 0.2) is 39.5 Å². The third kappa shape index (κ3) is 6.05. The summed E-state index contributed by atoms with van der Waals surface area (Å²) in [5, 5.41) is 91.0. The van der Waals surface area contributed by atoms with Gasteiger partial charge in [0.2, 0.25) is 23.8 Å². The molecule has 0 radical (unpaired) electrons. The van der Waals surface area contributed by atoms with Crippen LogP contribution in [-0.2, 0) is 9.47 Å². The van der Waals surface area contributed by atoms with Gasteiger partial charge >= 0.3 is 0 Å². The lowest BCUT2D eigenvalue weighted by Gasteiger charge is -2.39. The third-order valence-corrected chi connectivity index (χ3v) is 7.74. The Bertz CT molecular complexity index is 1590. The Balaban J connectivity index is 1.59. The topological polar surface area (TPSA) is 268 Å². The van der Waals surface area contributed by atoms with Crippen LogP contribution in [0.25, 0.3) is 22.3 Å². The molecule has 0 spiro atoms. The van der Waals surface area contributed by atoms with Gasteiger partial charge in [0.1, 0.15) is 71.3 Å². The Morgan fingerprint density at radius 2 is 1.30 bits per heavy atom. The van der Waals surface area contributed by atoms with Crippen molar-refractivity contribution in [2.45, 2.75) is 61.4 Å². The van der Waals surface area contributed by atoms with Crippen molar-refractivity contribution in [3.05, 3.63) is 40.6 Å². The number of hydrogen-bond donors (Lipinski definition) is 9. The number of rotatable bonds is 9. The van der Waals surface area contributed by atoms with Gasteiger partial charge in [-0.15, -0.1) is 0 Å². The monoisotopic (exact) mass is 654 g/mol. The van der Waals surface area contributed by atoms with E-state index < -0.39 is 91.6 Å². The molecule has 2 fully saturated rings. The van der Waals surface area contributed by atoms with Crippen LogP contribution in [0.4, 0.5) is 0 Å². The van der Waals surface area contributed by atoms with E-state index in [9.17, 15) is 50.8 Å². The number of fused-ring (bicyclic) bond motifs is 1. The molecule has 1 aromatic heterocycles. The van der Waals surface area contributed by atoms with E-state index in [1.165, 1.54) is 38.5 Å². The Labute approximate surface area is 259 Å².